The van der Waals surface area contributed by atoms with Crippen LogP contribution < -0.4 is 10.5 Å². The van der Waals surface area contributed by atoms with Crippen molar-refractivity contribution >= 4 is 17.5 Å². The van der Waals surface area contributed by atoms with E-state index in [0.717, 1.165) is 0 Å². The largest absolute Gasteiger partial charge is 0.480 e. The highest BCUT2D eigenvalue weighted by Gasteiger charge is 2.06. The first-order chi connectivity index (χ1) is 5.65. The van der Waals surface area contributed by atoms with Gasteiger partial charge < -0.3 is 10.5 Å². The number of amides is 1. The van der Waals surface area contributed by atoms with Crippen LogP contribution in [-0.4, -0.2) is 18.0 Å². The van der Waals surface area contributed by atoms with Crippen LogP contribution in [0.3, 0.4) is 0 Å². The van der Waals surface area contributed by atoms with Crippen LogP contribution in [0.2, 0.25) is 5.02 Å². The summed E-state index contributed by atoms with van der Waals surface area (Å²) in [4.78, 5) is 14.4. The van der Waals surface area contributed by atoms with Gasteiger partial charge >= 0.3 is 0 Å². The Balaban J connectivity index is 3.10. The zero-order valence-electron chi connectivity index (χ0n) is 6.37. The van der Waals surface area contributed by atoms with Crippen LogP contribution in [0.1, 0.15) is 10.4 Å². The Kier molecular flexibility index (Phi) is 2.50. The molecule has 0 aromatic carbocycles. The van der Waals surface area contributed by atoms with Gasteiger partial charge in [0.05, 0.1) is 12.7 Å². The Bertz CT molecular complexity index is 314. The van der Waals surface area contributed by atoms with E-state index in [1.54, 1.807) is 0 Å². The normalized spacial score (nSPS) is 9.50. The van der Waals surface area contributed by atoms with Crippen LogP contribution in [-0.2, 0) is 0 Å². The minimum Gasteiger partial charge on any atom is -0.480 e. The third-order valence-electron chi connectivity index (χ3n) is 1.29. The molecular weight excluding hydrogens is 180 g/mol. The minimum absolute atomic E-state index is 0.265. The van der Waals surface area contributed by atoms with Crippen molar-refractivity contribution in [1.29, 1.82) is 0 Å². The second kappa shape index (κ2) is 3.40. The van der Waals surface area contributed by atoms with Gasteiger partial charge in [-0.2, -0.15) is 0 Å². The number of ether oxygens (including phenoxy) is 1. The summed E-state index contributed by atoms with van der Waals surface area (Å²) in [7, 11) is 1.44. The maximum atomic E-state index is 10.6. The van der Waals surface area contributed by atoms with Crippen LogP contribution in [0, 0.1) is 0 Å². The standard InChI is InChI=1S/C7H7ClN2O2/c1-12-7-5(8)2-4(3-10-7)6(9)11/h2-3H,1H3,(H2,9,11). The van der Waals surface area contributed by atoms with Crippen molar-refractivity contribution in [2.45, 2.75) is 0 Å². The minimum atomic E-state index is -0.563. The maximum absolute atomic E-state index is 10.6. The molecule has 0 radical (unpaired) electrons. The third kappa shape index (κ3) is 1.65. The summed E-state index contributed by atoms with van der Waals surface area (Å²) in [6.45, 7) is 0. The maximum Gasteiger partial charge on any atom is 0.250 e. The fourth-order valence-electron chi connectivity index (χ4n) is 0.710. The molecule has 0 unspecified atom stereocenters. The number of primary amides is 1. The zero-order valence-corrected chi connectivity index (χ0v) is 7.13. The molecule has 0 aliphatic rings. The van der Waals surface area contributed by atoms with Crippen molar-refractivity contribution in [1.82, 2.24) is 4.98 Å². The molecule has 1 rings (SSSR count). The lowest BCUT2D eigenvalue weighted by atomic mass is 10.3. The fraction of sp³-hybridized carbons (Fsp3) is 0.143. The van der Waals surface area contributed by atoms with Crippen LogP contribution in [0.4, 0.5) is 0 Å². The average Bonchev–Trinajstić information content (AvgIpc) is 2.04. The van der Waals surface area contributed by atoms with Gasteiger partial charge in [-0.3, -0.25) is 4.79 Å². The summed E-state index contributed by atoms with van der Waals surface area (Å²) in [5, 5.41) is 0.272. The number of nitrogens with two attached hydrogens (primary N) is 1. The van der Waals surface area contributed by atoms with Gasteiger partial charge in [0.1, 0.15) is 5.02 Å². The van der Waals surface area contributed by atoms with Gasteiger partial charge in [-0.15, -0.1) is 0 Å². The Morgan fingerprint density at radius 2 is 2.42 bits per heavy atom. The summed E-state index contributed by atoms with van der Waals surface area (Å²) in [5.41, 5.74) is 5.26. The number of hydrogen-bond donors (Lipinski definition) is 1. The molecule has 64 valence electrons. The lowest BCUT2D eigenvalue weighted by Crippen LogP contribution is -2.11. The Morgan fingerprint density at radius 1 is 1.75 bits per heavy atom. The Hall–Kier alpha value is -1.29. The molecule has 0 saturated heterocycles. The number of aromatic nitrogens is 1. The summed E-state index contributed by atoms with van der Waals surface area (Å²) in [5.74, 6) is -0.284. The molecular formula is C7H7ClN2O2. The lowest BCUT2D eigenvalue weighted by Gasteiger charge is -2.01. The molecule has 0 bridgehead atoms. The molecule has 0 saturated carbocycles. The van der Waals surface area contributed by atoms with Crippen molar-refractivity contribution in [2.24, 2.45) is 5.73 Å². The van der Waals surface area contributed by atoms with Gasteiger partial charge in [0.15, 0.2) is 0 Å². The van der Waals surface area contributed by atoms with Crippen molar-refractivity contribution in [3.63, 3.8) is 0 Å². The van der Waals surface area contributed by atoms with Crippen molar-refractivity contribution in [2.75, 3.05) is 7.11 Å². The molecule has 5 heteroatoms. The molecule has 4 nitrogen and oxygen atoms in total. The molecule has 0 aliphatic carbocycles. The molecule has 1 heterocycles. The van der Waals surface area contributed by atoms with E-state index >= 15 is 0 Å². The van der Waals surface area contributed by atoms with Gasteiger partial charge in [0, 0.05) is 6.20 Å². The second-order valence-corrected chi connectivity index (χ2v) is 2.49. The van der Waals surface area contributed by atoms with Gasteiger partial charge in [-0.1, -0.05) is 11.6 Å². The highest BCUT2D eigenvalue weighted by molar-refractivity contribution is 6.32. The zero-order chi connectivity index (χ0) is 9.14. The molecule has 0 atom stereocenters. The number of hydrogen-bond acceptors (Lipinski definition) is 3. The highest BCUT2D eigenvalue weighted by Crippen LogP contribution is 2.21. The monoisotopic (exact) mass is 186 g/mol. The fourth-order valence-corrected chi connectivity index (χ4v) is 0.954. The van der Waals surface area contributed by atoms with E-state index in [1.807, 2.05) is 0 Å². The SMILES string of the molecule is COc1ncc(C(N)=O)cc1Cl. The first kappa shape index (κ1) is 8.80. The predicted molar refractivity (Wildman–Crippen MR) is 44.3 cm³/mol. The predicted octanol–water partition coefficient (Wildman–Crippen LogP) is 0.842. The van der Waals surface area contributed by atoms with E-state index in [9.17, 15) is 4.79 Å². The smallest absolute Gasteiger partial charge is 0.250 e. The summed E-state index contributed by atoms with van der Waals surface area (Å²) in [6.07, 6.45) is 1.31. The topological polar surface area (TPSA) is 65.2 Å². The Morgan fingerprint density at radius 3 is 2.83 bits per heavy atom. The first-order valence-electron chi connectivity index (χ1n) is 3.14. The van der Waals surface area contributed by atoms with Crippen LogP contribution in [0.15, 0.2) is 12.3 Å². The molecule has 0 spiro atoms. The quantitative estimate of drug-likeness (QED) is 0.745. The molecule has 1 aromatic rings. The number of nitrogens with zero attached hydrogens (tertiary/aromatic N) is 1. The van der Waals surface area contributed by atoms with E-state index in [0.29, 0.717) is 0 Å². The summed E-state index contributed by atoms with van der Waals surface area (Å²) >= 11 is 5.68. The van der Waals surface area contributed by atoms with Gasteiger partial charge in [-0.25, -0.2) is 4.98 Å². The van der Waals surface area contributed by atoms with Crippen LogP contribution >= 0.6 is 11.6 Å². The highest BCUT2D eigenvalue weighted by atomic mass is 35.5. The molecule has 12 heavy (non-hydrogen) atoms. The van der Waals surface area contributed by atoms with Crippen molar-refractivity contribution in [3.8, 4) is 5.88 Å². The van der Waals surface area contributed by atoms with E-state index in [2.05, 4.69) is 4.98 Å². The Labute approximate surface area is 74.3 Å². The lowest BCUT2D eigenvalue weighted by molar-refractivity contribution is 0.1000. The van der Waals surface area contributed by atoms with Gasteiger partial charge in [-0.05, 0) is 6.07 Å². The van der Waals surface area contributed by atoms with Gasteiger partial charge in [0.25, 0.3) is 0 Å². The number of halogens is 1. The van der Waals surface area contributed by atoms with Crippen LogP contribution in [0.25, 0.3) is 0 Å². The number of carbonyl (C=O) groups is 1. The number of rotatable bonds is 2. The summed E-state index contributed by atoms with van der Waals surface area (Å²) < 4.78 is 4.78. The molecule has 0 aliphatic heterocycles. The van der Waals surface area contributed by atoms with E-state index in [-0.39, 0.29) is 16.5 Å². The number of methoxy groups -OCH3 is 1. The van der Waals surface area contributed by atoms with Gasteiger partial charge in [0.2, 0.25) is 11.8 Å². The van der Waals surface area contributed by atoms with Crippen molar-refractivity contribution < 1.29 is 9.53 Å². The number of carbonyl (C=O) groups excluding carboxylic acids is 1. The molecule has 1 amide bonds. The molecule has 1 aromatic heterocycles. The van der Waals surface area contributed by atoms with E-state index < -0.39 is 5.91 Å². The first-order valence-corrected chi connectivity index (χ1v) is 3.52. The molecule has 2 N–H and O–H groups in total. The third-order valence-corrected chi connectivity index (χ3v) is 1.56. The average molecular weight is 187 g/mol. The number of pyridine rings is 1. The summed E-state index contributed by atoms with van der Waals surface area (Å²) in [6, 6.07) is 1.41. The molecule has 0 fully saturated rings. The van der Waals surface area contributed by atoms with Crippen LogP contribution in [0.5, 0.6) is 5.88 Å². The van der Waals surface area contributed by atoms with E-state index in [1.165, 1.54) is 19.4 Å². The van der Waals surface area contributed by atoms with Crippen molar-refractivity contribution in [3.05, 3.63) is 22.8 Å². The van der Waals surface area contributed by atoms with E-state index in [4.69, 9.17) is 22.1 Å². The second-order valence-electron chi connectivity index (χ2n) is 2.08.